The molecule has 0 fully saturated rings. The zero-order valence-electron chi connectivity index (χ0n) is 10.7. The van der Waals surface area contributed by atoms with Crippen molar-refractivity contribution in [2.24, 2.45) is 0 Å². The lowest BCUT2D eigenvalue weighted by Gasteiger charge is -2.13. The van der Waals surface area contributed by atoms with Crippen molar-refractivity contribution in [3.05, 3.63) is 40.1 Å². The fourth-order valence-corrected chi connectivity index (χ4v) is 2.24. The van der Waals surface area contributed by atoms with E-state index < -0.39 is 0 Å². The van der Waals surface area contributed by atoms with Gasteiger partial charge in [-0.25, -0.2) is 9.97 Å². The van der Waals surface area contributed by atoms with Gasteiger partial charge in [0.05, 0.1) is 10.7 Å². The van der Waals surface area contributed by atoms with Crippen LogP contribution in [0.4, 0.5) is 17.3 Å². The first-order chi connectivity index (χ1) is 9.15. The van der Waals surface area contributed by atoms with Gasteiger partial charge in [0.15, 0.2) is 0 Å². The zero-order valence-corrected chi connectivity index (χ0v) is 12.2. The van der Waals surface area contributed by atoms with Crippen molar-refractivity contribution >= 4 is 40.5 Å². The van der Waals surface area contributed by atoms with Gasteiger partial charge in [-0.2, -0.15) is 0 Å². The predicted octanol–water partition coefficient (Wildman–Crippen LogP) is 4.13. The van der Waals surface area contributed by atoms with Crippen LogP contribution in [-0.2, 0) is 6.42 Å². The van der Waals surface area contributed by atoms with Crippen LogP contribution in [0.25, 0.3) is 0 Å². The Bertz CT molecular complexity index is 587. The molecule has 4 nitrogen and oxygen atoms in total. The minimum absolute atomic E-state index is 0.555. The number of anilines is 3. The molecular weight excluding hydrogens is 283 g/mol. The van der Waals surface area contributed by atoms with E-state index in [9.17, 15) is 0 Å². The van der Waals surface area contributed by atoms with E-state index in [2.05, 4.69) is 20.6 Å². The summed E-state index contributed by atoms with van der Waals surface area (Å²) in [5.41, 5.74) is 1.78. The summed E-state index contributed by atoms with van der Waals surface area (Å²) in [5.74, 6) is 1.55. The molecule has 0 atom stereocenters. The van der Waals surface area contributed by atoms with Crippen LogP contribution in [0.3, 0.4) is 0 Å². The number of nitrogens with one attached hydrogen (secondary N) is 2. The molecule has 0 saturated carbocycles. The van der Waals surface area contributed by atoms with Crippen LogP contribution in [0.2, 0.25) is 10.0 Å². The number of benzene rings is 1. The maximum Gasteiger partial charge on any atom is 0.139 e. The van der Waals surface area contributed by atoms with E-state index in [1.807, 2.05) is 20.0 Å². The molecule has 1 aromatic carbocycles. The molecule has 2 aromatic rings. The topological polar surface area (TPSA) is 49.8 Å². The van der Waals surface area contributed by atoms with Gasteiger partial charge in [0.2, 0.25) is 0 Å². The molecular formula is C13H14Cl2N4. The monoisotopic (exact) mass is 296 g/mol. The van der Waals surface area contributed by atoms with Gasteiger partial charge in [-0.3, -0.25) is 0 Å². The first-order valence-corrected chi connectivity index (χ1v) is 6.65. The van der Waals surface area contributed by atoms with Crippen LogP contribution in [-0.4, -0.2) is 17.0 Å². The fourth-order valence-electron chi connectivity index (χ4n) is 1.79. The Morgan fingerprint density at radius 2 is 1.89 bits per heavy atom. The van der Waals surface area contributed by atoms with E-state index in [0.29, 0.717) is 10.0 Å². The van der Waals surface area contributed by atoms with Crippen molar-refractivity contribution in [3.8, 4) is 0 Å². The van der Waals surface area contributed by atoms with Crippen LogP contribution in [0.1, 0.15) is 12.5 Å². The molecule has 0 saturated heterocycles. The number of halogens is 2. The molecule has 1 heterocycles. The molecule has 1 aromatic heterocycles. The first kappa shape index (κ1) is 13.9. The van der Waals surface area contributed by atoms with Crippen LogP contribution in [0, 0.1) is 0 Å². The number of hydrogen-bond acceptors (Lipinski definition) is 4. The molecule has 0 aliphatic heterocycles. The van der Waals surface area contributed by atoms with Crippen molar-refractivity contribution in [2.45, 2.75) is 13.3 Å². The van der Waals surface area contributed by atoms with Crippen LogP contribution >= 0.6 is 23.2 Å². The van der Waals surface area contributed by atoms with E-state index >= 15 is 0 Å². The third-order valence-electron chi connectivity index (χ3n) is 2.72. The second-order valence-electron chi connectivity index (χ2n) is 3.90. The van der Waals surface area contributed by atoms with Crippen molar-refractivity contribution in [3.63, 3.8) is 0 Å². The highest BCUT2D eigenvalue weighted by molar-refractivity contribution is 6.36. The number of rotatable bonds is 4. The summed E-state index contributed by atoms with van der Waals surface area (Å²) in [6.07, 6.45) is 2.32. The van der Waals surface area contributed by atoms with Gasteiger partial charge >= 0.3 is 0 Å². The Balaban J connectivity index is 2.37. The van der Waals surface area contributed by atoms with Crippen LogP contribution in [0.15, 0.2) is 24.5 Å². The number of hydrogen-bond donors (Lipinski definition) is 2. The highest BCUT2D eigenvalue weighted by Crippen LogP contribution is 2.30. The first-order valence-electron chi connectivity index (χ1n) is 5.89. The normalized spacial score (nSPS) is 10.3. The Kier molecular flexibility index (Phi) is 4.45. The molecule has 0 aliphatic rings. The minimum atomic E-state index is 0.555. The largest absolute Gasteiger partial charge is 0.373 e. The Labute approximate surface area is 122 Å². The fraction of sp³-hybridized carbons (Fsp3) is 0.231. The van der Waals surface area contributed by atoms with Crippen molar-refractivity contribution in [1.82, 2.24) is 9.97 Å². The summed E-state index contributed by atoms with van der Waals surface area (Å²) in [6.45, 7) is 2.05. The van der Waals surface area contributed by atoms with Gasteiger partial charge < -0.3 is 10.6 Å². The third kappa shape index (κ3) is 3.08. The van der Waals surface area contributed by atoms with Crippen LogP contribution < -0.4 is 10.6 Å². The molecule has 0 amide bonds. The van der Waals surface area contributed by atoms with Gasteiger partial charge in [-0.05, 0) is 24.6 Å². The maximum atomic E-state index is 6.14. The Hall–Kier alpha value is -1.52. The Morgan fingerprint density at radius 3 is 2.53 bits per heavy atom. The predicted molar refractivity (Wildman–Crippen MR) is 80.7 cm³/mol. The lowest BCUT2D eigenvalue weighted by Crippen LogP contribution is -2.05. The smallest absolute Gasteiger partial charge is 0.139 e. The van der Waals surface area contributed by atoms with E-state index in [-0.39, 0.29) is 0 Å². The molecule has 100 valence electrons. The quantitative estimate of drug-likeness (QED) is 0.891. The molecule has 0 radical (unpaired) electrons. The summed E-state index contributed by atoms with van der Waals surface area (Å²) in [4.78, 5) is 8.45. The SMILES string of the molecule is CCc1c(NC)ncnc1Nc1ccc(Cl)cc1Cl. The number of aromatic nitrogens is 2. The molecule has 2 N–H and O–H groups in total. The molecule has 0 aliphatic carbocycles. The van der Waals surface area contributed by atoms with Gasteiger partial charge in [-0.1, -0.05) is 30.1 Å². The lowest BCUT2D eigenvalue weighted by atomic mass is 10.2. The molecule has 19 heavy (non-hydrogen) atoms. The lowest BCUT2D eigenvalue weighted by molar-refractivity contribution is 1.05. The van der Waals surface area contributed by atoms with Gasteiger partial charge in [0, 0.05) is 17.6 Å². The zero-order chi connectivity index (χ0) is 13.8. The summed E-state index contributed by atoms with van der Waals surface area (Å²) < 4.78 is 0. The van der Waals surface area contributed by atoms with Crippen molar-refractivity contribution < 1.29 is 0 Å². The van der Waals surface area contributed by atoms with Crippen molar-refractivity contribution in [1.29, 1.82) is 0 Å². The third-order valence-corrected chi connectivity index (χ3v) is 3.27. The summed E-state index contributed by atoms with van der Waals surface area (Å²) in [5, 5.41) is 7.42. The summed E-state index contributed by atoms with van der Waals surface area (Å²) in [6, 6.07) is 5.30. The highest BCUT2D eigenvalue weighted by atomic mass is 35.5. The van der Waals surface area contributed by atoms with Crippen molar-refractivity contribution in [2.75, 3.05) is 17.7 Å². The van der Waals surface area contributed by atoms with Gasteiger partial charge in [0.25, 0.3) is 0 Å². The molecule has 6 heteroatoms. The van der Waals surface area contributed by atoms with Crippen LogP contribution in [0.5, 0.6) is 0 Å². The molecule has 0 bridgehead atoms. The second-order valence-corrected chi connectivity index (χ2v) is 4.75. The van der Waals surface area contributed by atoms with Gasteiger partial charge in [0.1, 0.15) is 18.0 Å². The molecule has 0 spiro atoms. The summed E-state index contributed by atoms with van der Waals surface area (Å²) >= 11 is 12.0. The molecule has 0 unspecified atom stereocenters. The minimum Gasteiger partial charge on any atom is -0.373 e. The number of nitrogens with zero attached hydrogens (tertiary/aromatic N) is 2. The second kappa shape index (κ2) is 6.08. The van der Waals surface area contributed by atoms with E-state index in [4.69, 9.17) is 23.2 Å². The maximum absolute atomic E-state index is 6.14. The average molecular weight is 297 g/mol. The van der Waals surface area contributed by atoms with Gasteiger partial charge in [-0.15, -0.1) is 0 Å². The van der Waals surface area contributed by atoms with E-state index in [1.165, 1.54) is 6.33 Å². The molecule has 2 rings (SSSR count). The standard InChI is InChI=1S/C13H14Cl2N4/c1-3-9-12(16-2)17-7-18-13(9)19-11-5-4-8(14)6-10(11)15/h4-7H,3H2,1-2H3,(H2,16,17,18,19). The van der Waals surface area contributed by atoms with E-state index in [0.717, 1.165) is 29.3 Å². The summed E-state index contributed by atoms with van der Waals surface area (Å²) in [7, 11) is 1.83. The Morgan fingerprint density at radius 1 is 1.16 bits per heavy atom. The average Bonchev–Trinajstić information content (AvgIpc) is 2.41. The van der Waals surface area contributed by atoms with E-state index in [1.54, 1.807) is 12.1 Å². The highest BCUT2D eigenvalue weighted by Gasteiger charge is 2.10.